The molecule has 0 spiro atoms. The van der Waals surface area contributed by atoms with Crippen LogP contribution in [0.3, 0.4) is 0 Å². The fraction of sp³-hybridized carbons (Fsp3) is 0.429. The second-order valence-electron chi connectivity index (χ2n) is 2.61. The van der Waals surface area contributed by atoms with Crippen molar-refractivity contribution in [2.45, 2.75) is 19.4 Å². The minimum Gasteiger partial charge on any atom is -0.279 e. The maximum atomic E-state index is 12.3. The van der Waals surface area contributed by atoms with Crippen LogP contribution in [0.4, 0.5) is 17.6 Å². The van der Waals surface area contributed by atoms with Crippen molar-refractivity contribution in [1.82, 2.24) is 9.78 Å². The van der Waals surface area contributed by atoms with Gasteiger partial charge < -0.3 is 0 Å². The van der Waals surface area contributed by atoms with Crippen molar-refractivity contribution in [1.29, 1.82) is 0 Å². The first-order valence-corrected chi connectivity index (χ1v) is 4.12. The molecule has 0 aliphatic rings. The fourth-order valence-corrected chi connectivity index (χ4v) is 1.09. The van der Waals surface area contributed by atoms with E-state index in [4.69, 9.17) is 11.6 Å². The van der Waals surface area contributed by atoms with Gasteiger partial charge in [0.15, 0.2) is 0 Å². The molecule has 0 amide bonds. The number of rotatable bonds is 4. The summed E-state index contributed by atoms with van der Waals surface area (Å²) in [5.41, 5.74) is -1.55. The summed E-state index contributed by atoms with van der Waals surface area (Å²) in [6.07, 6.45) is -5.95. The third-order valence-corrected chi connectivity index (χ3v) is 1.67. The second-order valence-corrected chi connectivity index (χ2v) is 3.03. The van der Waals surface area contributed by atoms with Crippen molar-refractivity contribution in [3.05, 3.63) is 17.5 Å². The van der Waals surface area contributed by atoms with E-state index in [1.54, 1.807) is 0 Å². The van der Waals surface area contributed by atoms with E-state index in [9.17, 15) is 22.4 Å². The molecular formula is C7H5ClF4N2O. The molecule has 0 radical (unpaired) electrons. The molecule has 1 aromatic heterocycles. The van der Waals surface area contributed by atoms with Crippen LogP contribution >= 0.6 is 11.6 Å². The Morgan fingerprint density at radius 1 is 1.40 bits per heavy atom. The maximum Gasteiger partial charge on any atom is 0.282 e. The monoisotopic (exact) mass is 244 g/mol. The molecule has 0 aliphatic carbocycles. The van der Waals surface area contributed by atoms with Crippen LogP contribution in [0.2, 0.25) is 0 Å². The molecule has 1 rings (SSSR count). The maximum absolute atomic E-state index is 12.3. The molecule has 0 N–H and O–H groups in total. The van der Waals surface area contributed by atoms with Crippen molar-refractivity contribution in [3.8, 4) is 0 Å². The number of aromatic nitrogens is 2. The zero-order valence-corrected chi connectivity index (χ0v) is 7.89. The Balaban J connectivity index is 3.05. The van der Waals surface area contributed by atoms with Gasteiger partial charge in [0.2, 0.25) is 5.24 Å². The van der Waals surface area contributed by atoms with Crippen molar-refractivity contribution >= 4 is 16.8 Å². The third kappa shape index (κ3) is 2.92. The van der Waals surface area contributed by atoms with E-state index in [0.717, 1.165) is 0 Å². The van der Waals surface area contributed by atoms with E-state index in [1.807, 2.05) is 0 Å². The van der Waals surface area contributed by atoms with Crippen LogP contribution in [0.5, 0.6) is 0 Å². The highest BCUT2D eigenvalue weighted by Crippen LogP contribution is 2.24. The molecule has 0 atom stereocenters. The lowest BCUT2D eigenvalue weighted by Crippen LogP contribution is -2.10. The van der Waals surface area contributed by atoms with Crippen LogP contribution in [0.15, 0.2) is 6.07 Å². The van der Waals surface area contributed by atoms with E-state index in [1.165, 1.54) is 0 Å². The molecule has 0 saturated heterocycles. The van der Waals surface area contributed by atoms with Crippen LogP contribution in [-0.2, 0) is 11.3 Å². The van der Waals surface area contributed by atoms with Gasteiger partial charge in [0.25, 0.3) is 12.9 Å². The van der Waals surface area contributed by atoms with Gasteiger partial charge in [-0.05, 0) is 17.7 Å². The van der Waals surface area contributed by atoms with Gasteiger partial charge in [-0.1, -0.05) is 0 Å². The van der Waals surface area contributed by atoms with Gasteiger partial charge in [-0.2, -0.15) is 5.10 Å². The van der Waals surface area contributed by atoms with E-state index in [-0.39, 0.29) is 0 Å². The van der Waals surface area contributed by atoms with E-state index >= 15 is 0 Å². The molecule has 0 bridgehead atoms. The minimum atomic E-state index is -2.99. The van der Waals surface area contributed by atoms with Crippen LogP contribution in [0.1, 0.15) is 24.2 Å². The lowest BCUT2D eigenvalue weighted by atomic mass is 10.3. The average Bonchev–Trinajstić information content (AvgIpc) is 2.46. The molecule has 1 aromatic rings. The van der Waals surface area contributed by atoms with Gasteiger partial charge in [-0.25, -0.2) is 17.6 Å². The lowest BCUT2D eigenvalue weighted by Gasteiger charge is -2.02. The molecule has 3 nitrogen and oxygen atoms in total. The second kappa shape index (κ2) is 4.61. The summed E-state index contributed by atoms with van der Waals surface area (Å²) in [6.45, 7) is -0.659. The van der Waals surface area contributed by atoms with Crippen molar-refractivity contribution in [3.63, 3.8) is 0 Å². The molecule has 1 heterocycles. The molecule has 0 unspecified atom stereocenters. The van der Waals surface area contributed by atoms with Gasteiger partial charge in [0.05, 0.1) is 0 Å². The number of nitrogens with zero attached hydrogens (tertiary/aromatic N) is 2. The van der Waals surface area contributed by atoms with Crippen LogP contribution in [-0.4, -0.2) is 15.0 Å². The summed E-state index contributed by atoms with van der Waals surface area (Å²) < 4.78 is 49.3. The van der Waals surface area contributed by atoms with E-state index in [2.05, 4.69) is 5.10 Å². The molecule has 0 saturated carbocycles. The van der Waals surface area contributed by atoms with Crippen LogP contribution in [0, 0.1) is 0 Å². The predicted molar refractivity (Wildman–Crippen MR) is 43.0 cm³/mol. The number of halogens is 5. The highest BCUT2D eigenvalue weighted by Gasteiger charge is 2.21. The summed E-state index contributed by atoms with van der Waals surface area (Å²) in [6, 6.07) is 0.551. The molecule has 0 fully saturated rings. The smallest absolute Gasteiger partial charge is 0.279 e. The van der Waals surface area contributed by atoms with Gasteiger partial charge in [0.1, 0.15) is 17.9 Å². The van der Waals surface area contributed by atoms with Crippen LogP contribution in [0.25, 0.3) is 0 Å². The Hall–Kier alpha value is -1.11. The first kappa shape index (κ1) is 12.0. The molecule has 84 valence electrons. The molecular weight excluding hydrogens is 240 g/mol. The Labute approximate surface area is 86.6 Å². The summed E-state index contributed by atoms with van der Waals surface area (Å²) in [4.78, 5) is 10.4. The first-order valence-electron chi connectivity index (χ1n) is 3.74. The van der Waals surface area contributed by atoms with Gasteiger partial charge in [-0.3, -0.25) is 9.48 Å². The Kier molecular flexibility index (Phi) is 3.67. The topological polar surface area (TPSA) is 34.9 Å². The number of alkyl halides is 4. The Morgan fingerprint density at radius 2 is 2.00 bits per heavy atom. The third-order valence-electron chi connectivity index (χ3n) is 1.55. The van der Waals surface area contributed by atoms with Crippen molar-refractivity contribution < 1.29 is 22.4 Å². The summed E-state index contributed by atoms with van der Waals surface area (Å²) in [5.74, 6) is 0. The zero-order chi connectivity index (χ0) is 11.6. The summed E-state index contributed by atoms with van der Waals surface area (Å²) in [5, 5.41) is 2.19. The number of carbonyl (C=O) groups excluding carboxylic acids is 1. The standard InChI is InChI=1S/C7H5ClF4N2O/c8-5(15)2-14-4(7(11)12)1-3(13-14)6(9)10/h1,6-7H,2H2. The van der Waals surface area contributed by atoms with Gasteiger partial charge >= 0.3 is 0 Å². The number of hydrogen-bond donors (Lipinski definition) is 0. The van der Waals surface area contributed by atoms with Gasteiger partial charge in [0, 0.05) is 0 Å². The number of carbonyl (C=O) groups is 1. The van der Waals surface area contributed by atoms with E-state index < -0.39 is 36.0 Å². The predicted octanol–water partition coefficient (Wildman–Crippen LogP) is 2.52. The highest BCUT2D eigenvalue weighted by molar-refractivity contribution is 6.63. The average molecular weight is 245 g/mol. The fourth-order valence-electron chi connectivity index (χ4n) is 0.979. The summed E-state index contributed by atoms with van der Waals surface area (Å²) >= 11 is 4.95. The first-order chi connectivity index (χ1) is 6.91. The Bertz CT molecular complexity index is 366. The normalized spacial score (nSPS) is 11.4. The number of hydrogen-bond acceptors (Lipinski definition) is 2. The molecule has 0 aromatic carbocycles. The molecule has 0 aliphatic heterocycles. The molecule has 8 heteroatoms. The lowest BCUT2D eigenvalue weighted by molar-refractivity contribution is -0.112. The molecule has 15 heavy (non-hydrogen) atoms. The summed E-state index contributed by atoms with van der Waals surface area (Å²) in [7, 11) is 0. The highest BCUT2D eigenvalue weighted by atomic mass is 35.5. The Morgan fingerprint density at radius 3 is 2.40 bits per heavy atom. The largest absolute Gasteiger partial charge is 0.282 e. The minimum absolute atomic E-state index is 0.474. The van der Waals surface area contributed by atoms with Gasteiger partial charge in [-0.15, -0.1) is 0 Å². The zero-order valence-electron chi connectivity index (χ0n) is 7.13. The van der Waals surface area contributed by atoms with Crippen molar-refractivity contribution in [2.75, 3.05) is 0 Å². The quantitative estimate of drug-likeness (QED) is 0.603. The van der Waals surface area contributed by atoms with E-state index in [0.29, 0.717) is 10.7 Å². The SMILES string of the molecule is O=C(Cl)Cn1nc(C(F)F)cc1C(F)F. The van der Waals surface area contributed by atoms with Crippen molar-refractivity contribution in [2.24, 2.45) is 0 Å². The van der Waals surface area contributed by atoms with Crippen LogP contribution < -0.4 is 0 Å².